The zero-order valence-corrected chi connectivity index (χ0v) is 90.5. The summed E-state index contributed by atoms with van der Waals surface area (Å²) in [6, 6.07) is 61.2. The molecule has 4 unspecified atom stereocenters. The first-order chi connectivity index (χ1) is 68.1. The fourth-order valence-corrected chi connectivity index (χ4v) is 20.5. The van der Waals surface area contributed by atoms with E-state index in [9.17, 15) is 38.4 Å². The Morgan fingerprint density at radius 1 is 0.275 bits per heavy atom. The van der Waals surface area contributed by atoms with Gasteiger partial charge >= 0.3 is 47.8 Å². The van der Waals surface area contributed by atoms with Crippen LogP contribution in [0.15, 0.2) is 194 Å². The van der Waals surface area contributed by atoms with E-state index in [1.54, 1.807) is 108 Å². The van der Waals surface area contributed by atoms with Crippen LogP contribution >= 0.6 is 0 Å². The summed E-state index contributed by atoms with van der Waals surface area (Å²) < 4.78 is 45.6. The highest BCUT2D eigenvalue weighted by Crippen LogP contribution is 2.43. The maximum Gasteiger partial charge on any atom is 0.339 e. The third kappa shape index (κ3) is 40.6. The van der Waals surface area contributed by atoms with Crippen molar-refractivity contribution in [2.75, 3.05) is 13.2 Å². The van der Waals surface area contributed by atoms with Crippen LogP contribution in [-0.2, 0) is 50.7 Å². The lowest BCUT2D eigenvalue weighted by atomic mass is 9.71. The molecule has 4 atom stereocenters. The maximum absolute atomic E-state index is 13.0. The van der Waals surface area contributed by atoms with Crippen molar-refractivity contribution >= 4 is 47.8 Å². The van der Waals surface area contributed by atoms with E-state index in [0.29, 0.717) is 70.3 Å². The van der Waals surface area contributed by atoms with E-state index in [4.69, 9.17) is 37.9 Å². The van der Waals surface area contributed by atoms with Crippen molar-refractivity contribution in [3.8, 4) is 0 Å². The molecule has 0 aromatic heterocycles. The average Bonchev–Trinajstić information content (AvgIpc) is 0.814. The van der Waals surface area contributed by atoms with Crippen molar-refractivity contribution in [3.63, 3.8) is 0 Å². The summed E-state index contributed by atoms with van der Waals surface area (Å²) in [5.74, 6) is -1.46. The fraction of sp³-hybridized carbons (Fsp3) is 0.556. The van der Waals surface area contributed by atoms with Crippen molar-refractivity contribution in [2.24, 2.45) is 34.5 Å². The Morgan fingerprint density at radius 3 is 0.711 bits per heavy atom. The van der Waals surface area contributed by atoms with Crippen LogP contribution < -0.4 is 0 Å². The van der Waals surface area contributed by atoms with Crippen LogP contribution in [0.1, 0.15) is 451 Å². The molecule has 0 aliphatic heterocycles. The van der Waals surface area contributed by atoms with Gasteiger partial charge in [0.1, 0.15) is 35.6 Å². The molecule has 0 radical (unpaired) electrons. The van der Waals surface area contributed by atoms with Crippen LogP contribution in [0.5, 0.6) is 0 Å². The van der Waals surface area contributed by atoms with E-state index in [1.807, 2.05) is 41.5 Å². The SMILES string of the molecule is CC1CC(OC(=O)c2ccccc2C(=O)OC2CC(C)CC(C)(C)C2)CC(C)(C)C1.CCC(CC)(CC)OC(=O)c1ccccc1C(=O)OC(CC)(CC)CC.CCCc1ccccc1CCC.Cc1ccccc1C.Cc1ccccc1C.Cc1ccccc1C.O=C(OC1CCCCC1)c1ccccc1C(=O)OC1CCCCC1.O=C(OCC1CCCCC1)c1ccccc1C(=O)OCC1CCCCC1.[HH].[HH].[HH].[HH].[HH].[HH]. The molecule has 788 valence electrons. The Bertz CT molecular complexity index is 4720. The van der Waals surface area contributed by atoms with Crippen LogP contribution in [0.4, 0.5) is 0 Å². The van der Waals surface area contributed by atoms with Crippen molar-refractivity contribution in [1.29, 1.82) is 0 Å². The summed E-state index contributed by atoms with van der Waals surface area (Å²) in [5, 5.41) is 0. The monoisotopic (exact) mass is 1960 g/mol. The third-order valence-electron chi connectivity index (χ3n) is 29.6. The maximum atomic E-state index is 13.0. The number of ether oxygens (including phenoxy) is 8. The van der Waals surface area contributed by atoms with Gasteiger partial charge in [-0.05, 0) is 336 Å². The number of hydrogen-bond donors (Lipinski definition) is 0. The third-order valence-corrected chi connectivity index (χ3v) is 29.6. The quantitative estimate of drug-likeness (QED) is 0.0330. The lowest BCUT2D eigenvalue weighted by Gasteiger charge is -2.38. The Balaban J connectivity index is 0.000000876. The molecular formula is C126H188O16. The number of hydrogen-bond acceptors (Lipinski definition) is 16. The second-order valence-electron chi connectivity index (χ2n) is 42.4. The normalized spacial score (nSPS) is 17.8. The molecule has 16 nitrogen and oxygen atoms in total. The lowest BCUT2D eigenvalue weighted by Crippen LogP contribution is -2.35. The van der Waals surface area contributed by atoms with Crippen molar-refractivity contribution < 1.29 is 84.8 Å². The molecule has 0 N–H and O–H groups in total. The van der Waals surface area contributed by atoms with Gasteiger partial charge < -0.3 is 37.9 Å². The fourth-order valence-electron chi connectivity index (χ4n) is 20.5. The number of carbonyl (C=O) groups is 8. The molecule has 0 heterocycles. The molecule has 0 spiro atoms. The van der Waals surface area contributed by atoms with Gasteiger partial charge in [0, 0.05) is 8.56 Å². The van der Waals surface area contributed by atoms with E-state index in [2.05, 4.69) is 194 Å². The van der Waals surface area contributed by atoms with Gasteiger partial charge in [0.2, 0.25) is 0 Å². The average molecular weight is 1960 g/mol. The highest BCUT2D eigenvalue weighted by molar-refractivity contribution is 6.05. The summed E-state index contributed by atoms with van der Waals surface area (Å²) in [7, 11) is 0. The molecule has 142 heavy (non-hydrogen) atoms. The number of carbonyl (C=O) groups excluding carboxylic acids is 8. The van der Waals surface area contributed by atoms with Gasteiger partial charge in [-0.15, -0.1) is 0 Å². The highest BCUT2D eigenvalue weighted by Gasteiger charge is 2.39. The smallest absolute Gasteiger partial charge is 0.339 e. The van der Waals surface area contributed by atoms with Gasteiger partial charge in [-0.25, -0.2) is 38.4 Å². The van der Waals surface area contributed by atoms with E-state index < -0.39 is 59.0 Å². The van der Waals surface area contributed by atoms with Gasteiger partial charge in [0.15, 0.2) is 0 Å². The molecule has 0 amide bonds. The Labute approximate surface area is 863 Å². The number of esters is 8. The second kappa shape index (κ2) is 62.3. The van der Waals surface area contributed by atoms with E-state index in [1.165, 1.54) is 110 Å². The molecule has 16 heteroatoms. The predicted octanol–water partition coefficient (Wildman–Crippen LogP) is 34.2. The molecule has 6 aliphatic carbocycles. The Kier molecular flexibility index (Phi) is 51.9. The summed E-state index contributed by atoms with van der Waals surface area (Å²) in [4.78, 5) is 102. The van der Waals surface area contributed by atoms with Crippen LogP contribution in [0.3, 0.4) is 0 Å². The molecule has 6 fully saturated rings. The van der Waals surface area contributed by atoms with Gasteiger partial charge in [-0.2, -0.15) is 0 Å². The topological polar surface area (TPSA) is 210 Å². The van der Waals surface area contributed by atoms with Crippen LogP contribution in [0.25, 0.3) is 0 Å². The minimum atomic E-state index is -0.492. The summed E-state index contributed by atoms with van der Waals surface area (Å²) in [6.07, 6.45) is 37.3. The van der Waals surface area contributed by atoms with Crippen molar-refractivity contribution in [2.45, 2.75) is 405 Å². The summed E-state index contributed by atoms with van der Waals surface area (Å²) in [5.41, 5.74) is 13.1. The predicted molar refractivity (Wildman–Crippen MR) is 589 cm³/mol. The second-order valence-corrected chi connectivity index (χ2v) is 42.4. The van der Waals surface area contributed by atoms with Crippen molar-refractivity contribution in [3.05, 3.63) is 283 Å². The van der Waals surface area contributed by atoms with Crippen LogP contribution in [0.2, 0.25) is 0 Å². The van der Waals surface area contributed by atoms with Gasteiger partial charge in [0.25, 0.3) is 0 Å². The number of rotatable bonds is 28. The first-order valence-electron chi connectivity index (χ1n) is 54.2. The van der Waals surface area contributed by atoms with Gasteiger partial charge in [-0.1, -0.05) is 307 Å². The van der Waals surface area contributed by atoms with Gasteiger partial charge in [0.05, 0.1) is 57.7 Å². The number of benzene rings is 8. The first kappa shape index (κ1) is 118. The molecule has 8 aromatic carbocycles. The zero-order valence-electron chi connectivity index (χ0n) is 90.5. The molecule has 0 bridgehead atoms. The Hall–Kier alpha value is -10.5. The van der Waals surface area contributed by atoms with E-state index in [-0.39, 0.29) is 54.9 Å². The van der Waals surface area contributed by atoms with E-state index >= 15 is 0 Å². The highest BCUT2D eigenvalue weighted by atomic mass is 16.6. The van der Waals surface area contributed by atoms with Crippen molar-refractivity contribution in [1.82, 2.24) is 0 Å². The lowest BCUT2D eigenvalue weighted by molar-refractivity contribution is -0.0291. The standard InChI is InChI=1S/C26H38O4.C22H30O4.C22H34O4.C20H26O4.C12H18.3C8H10.6H2/c1-17-11-19(15-25(3,4)13-17)29-23(27)21-9-7-8-10-22(21)24(28)30-20-12-18(2)14-26(5,6)16-20;23-21(25-15-17-9-3-1-4-10-17)19-13-7-8-14-20(19)22(24)26-16-18-11-5-2-6-12-18;1-7-21(8-2,9-3)25-19(23)17-15-13-14-16-18(17)20(24)26-22(10-4,11-5)12-6;21-19(23-15-9-3-1-4-10-15)17-13-7-8-14-18(17)20(22)24-16-11-5-2-6-12-16;1-3-7-11-9-5-6-10-12(11)8-4-2;3*1-7-5-3-4-6-8(7)2;;;;;;/h7-10,17-20H,11-16H2,1-6H3;7-8,13-14,17-18H,1-6,9-12,15-16H2;13-16H,7-12H2,1-6H3;7-8,13-16H,1-6,9-12H2;5-6,9-10H,3-4,7-8H2,1-2H3;3*3-6H,1-2H3;6*1H. The van der Waals surface area contributed by atoms with Crippen LogP contribution in [0, 0.1) is 76.0 Å². The molecule has 6 saturated carbocycles. The summed E-state index contributed by atoms with van der Waals surface area (Å²) >= 11 is 0. The van der Waals surface area contributed by atoms with E-state index in [0.717, 1.165) is 154 Å². The first-order valence-corrected chi connectivity index (χ1v) is 54.2. The molecule has 6 aliphatic rings. The van der Waals surface area contributed by atoms with Gasteiger partial charge in [-0.3, -0.25) is 0 Å². The summed E-state index contributed by atoms with van der Waals surface area (Å²) in [6.45, 7) is 43.5. The minimum Gasteiger partial charge on any atom is -0.462 e. The Morgan fingerprint density at radius 2 is 0.486 bits per heavy atom. The molecular weight excluding hydrogens is 1770 g/mol. The van der Waals surface area contributed by atoms with Crippen LogP contribution in [-0.4, -0.2) is 96.6 Å². The minimum absolute atomic E-state index is 0. The zero-order chi connectivity index (χ0) is 104. The molecule has 0 saturated heterocycles. The number of aryl methyl sites for hydroxylation is 8. The molecule has 8 aromatic rings. The molecule has 14 rings (SSSR count). The largest absolute Gasteiger partial charge is 0.462 e.